The summed E-state index contributed by atoms with van der Waals surface area (Å²) < 4.78 is 58.9. The Labute approximate surface area is 85.7 Å². The maximum atomic E-state index is 12.1. The number of ketones is 1. The molecule has 0 N–H and O–H groups in total. The van der Waals surface area contributed by atoms with Crippen LogP contribution in [0.4, 0.5) is 22.0 Å². The highest BCUT2D eigenvalue weighted by Gasteiger charge is 2.55. The van der Waals surface area contributed by atoms with Gasteiger partial charge in [0, 0.05) is 6.42 Å². The lowest BCUT2D eigenvalue weighted by molar-refractivity contribution is -0.259. The number of rotatable bonds is 4. The Hall–Kier alpha value is -0.980. The van der Waals surface area contributed by atoms with Crippen molar-refractivity contribution in [3.63, 3.8) is 0 Å². The molecule has 0 fully saturated rings. The number of alkyl halides is 5. The summed E-state index contributed by atoms with van der Waals surface area (Å²) in [6.07, 6.45) is -6.87. The number of carbonyl (C=O) groups is 2. The molecule has 2 nitrogen and oxygen atoms in total. The first kappa shape index (κ1) is 14.0. The molecule has 0 aromatic carbocycles. The molecule has 0 unspecified atom stereocenters. The van der Waals surface area contributed by atoms with Gasteiger partial charge in [-0.2, -0.15) is 22.0 Å². The summed E-state index contributed by atoms with van der Waals surface area (Å²) in [6.45, 7) is 0. The van der Waals surface area contributed by atoms with E-state index in [2.05, 4.69) is 11.6 Å². The van der Waals surface area contributed by atoms with E-state index in [1.54, 1.807) is 0 Å². The number of carbonyl (C=O) groups excluding carboxylic acids is 2. The van der Waals surface area contributed by atoms with E-state index < -0.39 is 35.6 Å². The third-order valence-electron chi connectivity index (χ3n) is 1.23. The summed E-state index contributed by atoms with van der Waals surface area (Å²) in [7, 11) is 0. The first-order chi connectivity index (χ1) is 6.58. The molecule has 86 valence electrons. The van der Waals surface area contributed by atoms with E-state index in [0.29, 0.717) is 0 Å². The van der Waals surface area contributed by atoms with E-state index in [1.807, 2.05) is 0 Å². The monoisotopic (exact) mass is 250 g/mol. The molecule has 0 amide bonds. The predicted molar refractivity (Wildman–Crippen MR) is 40.6 cm³/mol. The molecule has 0 spiro atoms. The smallest absolute Gasteiger partial charge is 0.289 e. The Morgan fingerprint density at radius 3 is 1.93 bits per heavy atom. The van der Waals surface area contributed by atoms with Gasteiger partial charge < -0.3 is 0 Å². The first-order valence-electron chi connectivity index (χ1n) is 3.43. The van der Waals surface area contributed by atoms with Gasteiger partial charge in [-0.15, -0.1) is 0 Å². The van der Waals surface area contributed by atoms with Crippen LogP contribution in [0.25, 0.3) is 0 Å². The highest BCUT2D eigenvalue weighted by molar-refractivity contribution is 6.81. The highest BCUT2D eigenvalue weighted by Crippen LogP contribution is 2.36. The maximum Gasteiger partial charge on any atom is 0.457 e. The van der Waals surface area contributed by atoms with Crippen LogP contribution in [-0.2, 0) is 9.59 Å². The lowest BCUT2D eigenvalue weighted by atomic mass is 10.2. The van der Waals surface area contributed by atoms with Crippen LogP contribution in [0.5, 0.6) is 0 Å². The van der Waals surface area contributed by atoms with Crippen LogP contribution >= 0.6 is 11.6 Å². The minimum Gasteiger partial charge on any atom is -0.289 e. The van der Waals surface area contributed by atoms with Gasteiger partial charge in [0.1, 0.15) is 0 Å². The molecule has 0 saturated heterocycles. The molecule has 8 heteroatoms. The molecule has 0 bridgehead atoms. The molecule has 0 rings (SSSR count). The third kappa shape index (κ3) is 4.37. The molecular formula is C7H4ClF5O2. The number of hydrogen-bond acceptors (Lipinski definition) is 2. The molecule has 0 atom stereocenters. The minimum absolute atomic E-state index is 0.246. The molecule has 15 heavy (non-hydrogen) atoms. The summed E-state index contributed by atoms with van der Waals surface area (Å²) in [5, 5.41) is -1.42. The second kappa shape index (κ2) is 4.69. The number of hydrogen-bond donors (Lipinski definition) is 0. The van der Waals surface area contributed by atoms with Gasteiger partial charge in [0.25, 0.3) is 5.24 Å². The van der Waals surface area contributed by atoms with Crippen molar-refractivity contribution in [2.45, 2.75) is 18.5 Å². The van der Waals surface area contributed by atoms with E-state index in [4.69, 9.17) is 0 Å². The standard InChI is InChI=1S/C7H4ClF5O2/c8-5(15)4(14)2-1-3-6(9,10)7(11,12)13/h1,3H,2H2/b3-1+. The lowest BCUT2D eigenvalue weighted by Gasteiger charge is -2.14. The Kier molecular flexibility index (Phi) is 4.39. The molecule has 0 aliphatic carbocycles. The van der Waals surface area contributed by atoms with Gasteiger partial charge in [-0.05, 0) is 17.7 Å². The largest absolute Gasteiger partial charge is 0.457 e. The fourth-order valence-corrected chi connectivity index (χ4v) is 0.566. The van der Waals surface area contributed by atoms with Crippen molar-refractivity contribution in [2.75, 3.05) is 0 Å². The van der Waals surface area contributed by atoms with Crippen molar-refractivity contribution in [1.29, 1.82) is 0 Å². The Morgan fingerprint density at radius 1 is 1.13 bits per heavy atom. The number of halogens is 6. The molecule has 0 aromatic heterocycles. The van der Waals surface area contributed by atoms with Crippen molar-refractivity contribution in [3.8, 4) is 0 Å². The molecule has 0 heterocycles. The normalized spacial score (nSPS) is 13.2. The molecular weight excluding hydrogens is 247 g/mol. The van der Waals surface area contributed by atoms with Crippen LogP contribution in [0.1, 0.15) is 6.42 Å². The van der Waals surface area contributed by atoms with Gasteiger partial charge in [-0.25, -0.2) is 0 Å². The second-order valence-electron chi connectivity index (χ2n) is 2.42. The topological polar surface area (TPSA) is 34.1 Å². The summed E-state index contributed by atoms with van der Waals surface area (Å²) in [5.74, 6) is -6.28. The van der Waals surface area contributed by atoms with Gasteiger partial charge in [0.2, 0.25) is 5.78 Å². The molecule has 0 aromatic rings. The molecule has 0 aliphatic heterocycles. The summed E-state index contributed by atoms with van der Waals surface area (Å²) >= 11 is 4.64. The quantitative estimate of drug-likeness (QED) is 0.332. The summed E-state index contributed by atoms with van der Waals surface area (Å²) in [5.41, 5.74) is 0. The highest BCUT2D eigenvalue weighted by atomic mass is 35.5. The Balaban J connectivity index is 4.42. The average Bonchev–Trinajstić information content (AvgIpc) is 2.01. The third-order valence-corrected chi connectivity index (χ3v) is 1.44. The number of Topliss-reactive ketones (excluding diaryl/α,β-unsaturated/α-hetero) is 1. The van der Waals surface area contributed by atoms with Crippen molar-refractivity contribution in [3.05, 3.63) is 12.2 Å². The van der Waals surface area contributed by atoms with Crippen LogP contribution in [-0.4, -0.2) is 23.1 Å². The zero-order valence-corrected chi connectivity index (χ0v) is 7.70. The predicted octanol–water partition coefficient (Wildman–Crippen LogP) is 2.46. The zero-order chi connectivity index (χ0) is 12.3. The Bertz CT molecular complexity index is 294. The summed E-state index contributed by atoms with van der Waals surface area (Å²) in [4.78, 5) is 20.5. The fourth-order valence-electron chi connectivity index (χ4n) is 0.489. The van der Waals surface area contributed by atoms with E-state index in [0.717, 1.165) is 0 Å². The van der Waals surface area contributed by atoms with E-state index >= 15 is 0 Å². The first-order valence-corrected chi connectivity index (χ1v) is 3.80. The van der Waals surface area contributed by atoms with Gasteiger partial charge in [-0.3, -0.25) is 9.59 Å². The van der Waals surface area contributed by atoms with Crippen molar-refractivity contribution in [2.24, 2.45) is 0 Å². The minimum atomic E-state index is -5.72. The molecule has 0 saturated carbocycles. The lowest BCUT2D eigenvalue weighted by Crippen LogP contribution is -2.34. The van der Waals surface area contributed by atoms with Gasteiger partial charge in [-0.1, -0.05) is 6.08 Å². The van der Waals surface area contributed by atoms with Crippen molar-refractivity contribution < 1.29 is 31.5 Å². The van der Waals surface area contributed by atoms with E-state index in [9.17, 15) is 31.5 Å². The van der Waals surface area contributed by atoms with Crippen LogP contribution < -0.4 is 0 Å². The second-order valence-corrected chi connectivity index (χ2v) is 2.77. The van der Waals surface area contributed by atoms with Crippen LogP contribution in [0, 0.1) is 0 Å². The van der Waals surface area contributed by atoms with Crippen molar-refractivity contribution >= 4 is 22.6 Å². The van der Waals surface area contributed by atoms with Gasteiger partial charge in [0.05, 0.1) is 0 Å². The van der Waals surface area contributed by atoms with Crippen molar-refractivity contribution in [1.82, 2.24) is 0 Å². The molecule has 0 radical (unpaired) electrons. The van der Waals surface area contributed by atoms with Crippen LogP contribution in [0.3, 0.4) is 0 Å². The van der Waals surface area contributed by atoms with E-state index in [-0.39, 0.29) is 6.08 Å². The van der Waals surface area contributed by atoms with E-state index in [1.165, 1.54) is 0 Å². The van der Waals surface area contributed by atoms with Crippen LogP contribution in [0.2, 0.25) is 0 Å². The van der Waals surface area contributed by atoms with Crippen LogP contribution in [0.15, 0.2) is 12.2 Å². The maximum absolute atomic E-state index is 12.1. The average molecular weight is 251 g/mol. The van der Waals surface area contributed by atoms with Gasteiger partial charge in [0.15, 0.2) is 0 Å². The zero-order valence-electron chi connectivity index (χ0n) is 6.95. The summed E-state index contributed by atoms with van der Waals surface area (Å²) in [6, 6.07) is 0. The SMILES string of the molecule is O=C(Cl)C(=O)C/C=C/C(F)(F)C(F)(F)F. The molecule has 0 aliphatic rings. The fraction of sp³-hybridized carbons (Fsp3) is 0.429. The van der Waals surface area contributed by atoms with Gasteiger partial charge >= 0.3 is 12.1 Å². The Morgan fingerprint density at radius 2 is 1.60 bits per heavy atom. The number of allylic oxidation sites excluding steroid dienone is 2.